The minimum atomic E-state index is 1.40. The van der Waals surface area contributed by atoms with Gasteiger partial charge in [-0.1, -0.05) is 0 Å². The molecule has 0 saturated heterocycles. The molecule has 0 N–H and O–H groups in total. The number of rotatable bonds is 0. The molecule has 1 heterocycles. The van der Waals surface area contributed by atoms with Crippen LogP contribution in [0.4, 0.5) is 0 Å². The van der Waals surface area contributed by atoms with Crippen molar-refractivity contribution in [2.45, 2.75) is 0 Å². The first kappa shape index (κ1) is 7.11. The summed E-state index contributed by atoms with van der Waals surface area (Å²) in [5, 5.41) is 3.24. The topological polar surface area (TPSA) is 47.9 Å². The van der Waals surface area contributed by atoms with Crippen LogP contribution in [0.25, 0.3) is 0 Å². The second kappa shape index (κ2) is 6.11. The molecule has 1 aliphatic heterocycles. The minimum absolute atomic E-state index is 1.40. The maximum absolute atomic E-state index is 8.06. The van der Waals surface area contributed by atoms with Crippen molar-refractivity contribution < 1.29 is 14.4 Å². The summed E-state index contributed by atoms with van der Waals surface area (Å²) in [6.07, 6.45) is 4.51. The monoisotopic (exact) mass is 133 g/mol. The van der Waals surface area contributed by atoms with E-state index in [0.29, 0.717) is 0 Å². The van der Waals surface area contributed by atoms with E-state index in [2.05, 4.69) is 15.0 Å². The van der Waals surface area contributed by atoms with Crippen molar-refractivity contribution >= 4 is 15.3 Å². The summed E-state index contributed by atoms with van der Waals surface area (Å²) in [4.78, 5) is 8.24. The maximum Gasteiger partial charge on any atom is 0.147 e. The normalized spacial score (nSPS) is 12.5. The Balaban J connectivity index is 0.000000222. The van der Waals surface area contributed by atoms with Crippen molar-refractivity contribution in [2.75, 3.05) is 0 Å². The molecule has 0 radical (unpaired) electrons. The van der Waals surface area contributed by atoms with Crippen LogP contribution in [0.2, 0.25) is 0 Å². The largest absolute Gasteiger partial charge is 0.279 e. The Bertz CT molecular complexity index is 90.7. The highest BCUT2D eigenvalue weighted by Crippen LogP contribution is 1.84. The molecule has 8 heavy (non-hydrogen) atoms. The zero-order chi connectivity index (χ0) is 6.24. The summed E-state index contributed by atoms with van der Waals surface area (Å²) in [7, 11) is 1.72. The fourth-order valence-electron chi connectivity index (χ4n) is 0.177. The summed E-state index contributed by atoms with van der Waals surface area (Å²) in [5.74, 6) is 0. The molecule has 1 aliphatic rings. The van der Waals surface area contributed by atoms with Gasteiger partial charge in [0.25, 0.3) is 0 Å². The molecule has 1 rings (SSSR count). The number of nitrogens with zero attached hydrogens (tertiary/aromatic N) is 1. The molecule has 0 spiro atoms. The van der Waals surface area contributed by atoms with E-state index in [1.807, 2.05) is 0 Å². The smallest absolute Gasteiger partial charge is 0.147 e. The maximum atomic E-state index is 8.06. The molecule has 0 amide bonds. The number of hydrogen-bond acceptors (Lipinski definition) is 4. The number of hydrogen-bond donors (Lipinski definition) is 0. The second-order valence-corrected chi connectivity index (χ2v) is 0.754. The van der Waals surface area contributed by atoms with Crippen LogP contribution < -0.4 is 0 Å². The number of oxime groups is 1. The first-order valence-electron chi connectivity index (χ1n) is 1.71. The van der Waals surface area contributed by atoms with Gasteiger partial charge < -0.3 is 0 Å². The molecule has 4 nitrogen and oxygen atoms in total. The first-order valence-corrected chi connectivity index (χ1v) is 2.12. The molecule has 0 unspecified atom stereocenters. The summed E-state index contributed by atoms with van der Waals surface area (Å²) >= 11 is 0. The van der Waals surface area contributed by atoms with Gasteiger partial charge in [-0.15, -0.1) is 0 Å². The standard InChI is InChI=1S/C3H3NO2.HOP/c1-2-4-6-5-3-1;1-2/h1-3H;2H. The average Bonchev–Trinajstić information content (AvgIpc) is 1.96. The Hall–Kier alpha value is -0.890. The van der Waals surface area contributed by atoms with Crippen LogP contribution in [0.3, 0.4) is 0 Å². The summed E-state index contributed by atoms with van der Waals surface area (Å²) in [6, 6.07) is 0. The van der Waals surface area contributed by atoms with Crippen molar-refractivity contribution in [2.24, 2.45) is 5.16 Å². The minimum Gasteiger partial charge on any atom is -0.279 e. The van der Waals surface area contributed by atoms with Gasteiger partial charge in [0.05, 0.1) is 6.21 Å². The Morgan fingerprint density at radius 2 is 2.25 bits per heavy atom. The molecule has 0 atom stereocenters. The van der Waals surface area contributed by atoms with E-state index < -0.39 is 0 Å². The Morgan fingerprint density at radius 3 is 2.38 bits per heavy atom. The lowest BCUT2D eigenvalue weighted by Gasteiger charge is -1.92. The van der Waals surface area contributed by atoms with Crippen LogP contribution in [0.1, 0.15) is 0 Å². The quantitative estimate of drug-likeness (QED) is 0.364. The van der Waals surface area contributed by atoms with E-state index in [1.165, 1.54) is 12.5 Å². The molecule has 0 fully saturated rings. The fourth-order valence-corrected chi connectivity index (χ4v) is 0.177. The third-order valence-electron chi connectivity index (χ3n) is 0.367. The molecule has 0 aromatic heterocycles. The van der Waals surface area contributed by atoms with Crippen LogP contribution in [0, 0.1) is 0 Å². The van der Waals surface area contributed by atoms with Crippen molar-refractivity contribution in [1.82, 2.24) is 0 Å². The highest BCUT2D eigenvalue weighted by Gasteiger charge is 1.77. The third kappa shape index (κ3) is 3.31. The molecule has 5 heteroatoms. The molecular formula is C3H4NO3P. The van der Waals surface area contributed by atoms with Gasteiger partial charge >= 0.3 is 0 Å². The summed E-state index contributed by atoms with van der Waals surface area (Å²) in [6.45, 7) is 0. The average molecular weight is 133 g/mol. The lowest BCUT2D eigenvalue weighted by molar-refractivity contribution is -0.251. The van der Waals surface area contributed by atoms with Crippen molar-refractivity contribution in [3.8, 4) is 0 Å². The molecule has 44 valence electrons. The SMILES string of the molecule is C1=COON=C1.O=P. The van der Waals surface area contributed by atoms with Gasteiger partial charge in [0, 0.05) is 0 Å². The Labute approximate surface area is 48.3 Å². The Morgan fingerprint density at radius 1 is 1.50 bits per heavy atom. The van der Waals surface area contributed by atoms with Crippen molar-refractivity contribution in [3.63, 3.8) is 0 Å². The predicted octanol–water partition coefficient (Wildman–Crippen LogP) is 0.922. The van der Waals surface area contributed by atoms with Gasteiger partial charge in [-0.3, -0.25) is 9.45 Å². The van der Waals surface area contributed by atoms with Gasteiger partial charge in [-0.2, -0.15) is 4.99 Å². The number of allylic oxidation sites excluding steroid dienone is 1. The van der Waals surface area contributed by atoms with Gasteiger partial charge in [0.1, 0.15) is 15.4 Å². The van der Waals surface area contributed by atoms with E-state index in [-0.39, 0.29) is 0 Å². The van der Waals surface area contributed by atoms with Crippen LogP contribution >= 0.6 is 9.12 Å². The van der Waals surface area contributed by atoms with Crippen LogP contribution in [0.15, 0.2) is 17.5 Å². The van der Waals surface area contributed by atoms with Crippen molar-refractivity contribution in [3.05, 3.63) is 12.3 Å². The van der Waals surface area contributed by atoms with Crippen LogP contribution in [-0.2, 0) is 14.4 Å². The van der Waals surface area contributed by atoms with E-state index in [0.717, 1.165) is 0 Å². The molecule has 0 aromatic carbocycles. The van der Waals surface area contributed by atoms with Gasteiger partial charge in [0.2, 0.25) is 0 Å². The molecule has 0 bridgehead atoms. The molecular weight excluding hydrogens is 129 g/mol. The van der Waals surface area contributed by atoms with E-state index >= 15 is 0 Å². The molecule has 0 aliphatic carbocycles. The lowest BCUT2D eigenvalue weighted by atomic mass is 10.7. The predicted molar refractivity (Wildman–Crippen MR) is 28.8 cm³/mol. The molecule has 0 saturated carbocycles. The van der Waals surface area contributed by atoms with E-state index in [1.54, 1.807) is 15.2 Å². The second-order valence-electron chi connectivity index (χ2n) is 0.754. The Kier molecular flexibility index (Phi) is 5.43. The van der Waals surface area contributed by atoms with Crippen LogP contribution in [0.5, 0.6) is 0 Å². The lowest BCUT2D eigenvalue weighted by Crippen LogP contribution is -1.82. The summed E-state index contributed by atoms with van der Waals surface area (Å²) in [5.41, 5.74) is 0. The zero-order valence-electron chi connectivity index (χ0n) is 3.90. The van der Waals surface area contributed by atoms with Crippen LogP contribution in [-0.4, -0.2) is 6.21 Å². The summed E-state index contributed by atoms with van der Waals surface area (Å²) < 4.78 is 8.06. The van der Waals surface area contributed by atoms with Crippen molar-refractivity contribution in [1.29, 1.82) is 0 Å². The first-order chi connectivity index (χ1) is 4.00. The van der Waals surface area contributed by atoms with E-state index in [4.69, 9.17) is 4.57 Å². The highest BCUT2D eigenvalue weighted by atomic mass is 31.0. The van der Waals surface area contributed by atoms with E-state index in [9.17, 15) is 0 Å². The zero-order valence-corrected chi connectivity index (χ0v) is 4.90. The molecule has 0 aromatic rings. The van der Waals surface area contributed by atoms with Gasteiger partial charge in [0.15, 0.2) is 0 Å². The fraction of sp³-hybridized carbons (Fsp3) is 0. The van der Waals surface area contributed by atoms with Gasteiger partial charge in [-0.25, -0.2) is 0 Å². The van der Waals surface area contributed by atoms with Gasteiger partial charge in [-0.05, 0) is 11.2 Å². The highest BCUT2D eigenvalue weighted by molar-refractivity contribution is 7.00. The third-order valence-corrected chi connectivity index (χ3v) is 0.367.